The molecule has 4 nitrogen and oxygen atoms in total. The van der Waals surface area contributed by atoms with E-state index in [1.807, 2.05) is 0 Å². The number of pyridine rings is 1. The summed E-state index contributed by atoms with van der Waals surface area (Å²) in [7, 11) is 0. The van der Waals surface area contributed by atoms with E-state index in [9.17, 15) is 9.50 Å². The lowest BCUT2D eigenvalue weighted by atomic mass is 9.91. The van der Waals surface area contributed by atoms with Crippen LogP contribution < -0.4 is 5.32 Å². The van der Waals surface area contributed by atoms with Gasteiger partial charge in [0, 0.05) is 31.5 Å². The van der Waals surface area contributed by atoms with E-state index in [0.717, 1.165) is 18.4 Å². The van der Waals surface area contributed by atoms with Gasteiger partial charge in [0.05, 0.1) is 12.8 Å². The fourth-order valence-corrected chi connectivity index (χ4v) is 2.00. The number of rotatable bonds is 4. The Hall–Kier alpha value is -1.04. The van der Waals surface area contributed by atoms with Crippen LogP contribution in [0.25, 0.3) is 0 Å². The predicted octanol–water partition coefficient (Wildman–Crippen LogP) is 0.852. The van der Waals surface area contributed by atoms with Crippen molar-refractivity contribution < 1.29 is 14.2 Å². The number of aromatic nitrogens is 1. The minimum atomic E-state index is -0.339. The smallest absolute Gasteiger partial charge is 0.141 e. The van der Waals surface area contributed by atoms with Crippen molar-refractivity contribution >= 4 is 0 Å². The standard InChI is InChI=1S/C12H17FN2O2/c13-11-5-10(6-14-8-11)7-15-12(9-16)1-3-17-4-2-12/h5-6,8,15-16H,1-4,7,9H2. The van der Waals surface area contributed by atoms with Crippen LogP contribution in [0.2, 0.25) is 0 Å². The molecule has 0 atom stereocenters. The van der Waals surface area contributed by atoms with Gasteiger partial charge in [-0.05, 0) is 24.5 Å². The number of hydrogen-bond acceptors (Lipinski definition) is 4. The largest absolute Gasteiger partial charge is 0.394 e. The third kappa shape index (κ3) is 3.21. The molecule has 1 aliphatic rings. The number of ether oxygens (including phenoxy) is 1. The molecule has 1 saturated heterocycles. The Kier molecular flexibility index (Phi) is 4.04. The molecule has 1 aromatic heterocycles. The first-order valence-electron chi connectivity index (χ1n) is 5.77. The zero-order valence-corrected chi connectivity index (χ0v) is 9.66. The SMILES string of the molecule is OCC1(NCc2cncc(F)c2)CCOCC1. The summed E-state index contributed by atoms with van der Waals surface area (Å²) in [6, 6.07) is 1.45. The molecule has 1 aromatic rings. The van der Waals surface area contributed by atoms with Gasteiger partial charge in [-0.15, -0.1) is 0 Å². The molecular formula is C12H17FN2O2. The van der Waals surface area contributed by atoms with E-state index in [0.29, 0.717) is 19.8 Å². The number of hydrogen-bond donors (Lipinski definition) is 2. The van der Waals surface area contributed by atoms with Crippen LogP contribution in [0.3, 0.4) is 0 Å². The first-order valence-corrected chi connectivity index (χ1v) is 5.77. The summed E-state index contributed by atoms with van der Waals surface area (Å²) < 4.78 is 18.2. The molecule has 17 heavy (non-hydrogen) atoms. The first-order chi connectivity index (χ1) is 8.24. The number of aliphatic hydroxyl groups is 1. The van der Waals surface area contributed by atoms with Crippen molar-refractivity contribution in [1.29, 1.82) is 0 Å². The van der Waals surface area contributed by atoms with Crippen LogP contribution >= 0.6 is 0 Å². The van der Waals surface area contributed by atoms with Crippen LogP contribution in [0.4, 0.5) is 4.39 Å². The molecule has 0 saturated carbocycles. The number of nitrogens with zero attached hydrogens (tertiary/aromatic N) is 1. The molecule has 0 spiro atoms. The Morgan fingerprint density at radius 2 is 2.18 bits per heavy atom. The highest BCUT2D eigenvalue weighted by Gasteiger charge is 2.31. The zero-order valence-electron chi connectivity index (χ0n) is 9.66. The van der Waals surface area contributed by atoms with Gasteiger partial charge in [-0.1, -0.05) is 0 Å². The van der Waals surface area contributed by atoms with E-state index < -0.39 is 0 Å². The molecule has 0 radical (unpaired) electrons. The van der Waals surface area contributed by atoms with E-state index in [-0.39, 0.29) is 18.0 Å². The van der Waals surface area contributed by atoms with Crippen molar-refractivity contribution in [2.45, 2.75) is 24.9 Å². The van der Waals surface area contributed by atoms with Gasteiger partial charge in [0.25, 0.3) is 0 Å². The molecule has 1 fully saturated rings. The van der Waals surface area contributed by atoms with Gasteiger partial charge in [0.2, 0.25) is 0 Å². The lowest BCUT2D eigenvalue weighted by Crippen LogP contribution is -2.51. The molecule has 1 aliphatic heterocycles. The Bertz CT molecular complexity index is 367. The van der Waals surface area contributed by atoms with E-state index in [1.54, 1.807) is 6.20 Å². The van der Waals surface area contributed by atoms with Gasteiger partial charge in [-0.25, -0.2) is 4.39 Å². The van der Waals surface area contributed by atoms with Crippen molar-refractivity contribution in [3.8, 4) is 0 Å². The number of aliphatic hydroxyl groups excluding tert-OH is 1. The summed E-state index contributed by atoms with van der Waals surface area (Å²) in [6.45, 7) is 1.87. The summed E-state index contributed by atoms with van der Waals surface area (Å²) >= 11 is 0. The maximum absolute atomic E-state index is 13.0. The maximum atomic E-state index is 13.0. The number of halogens is 1. The molecule has 94 valence electrons. The average Bonchev–Trinajstić information content (AvgIpc) is 2.38. The summed E-state index contributed by atoms with van der Waals surface area (Å²) in [4.78, 5) is 3.79. The Morgan fingerprint density at radius 1 is 1.41 bits per heavy atom. The highest BCUT2D eigenvalue weighted by molar-refractivity contribution is 5.10. The van der Waals surface area contributed by atoms with Crippen LogP contribution in [-0.4, -0.2) is 35.5 Å². The van der Waals surface area contributed by atoms with Crippen molar-refractivity contribution in [2.24, 2.45) is 0 Å². The van der Waals surface area contributed by atoms with Crippen molar-refractivity contribution in [3.63, 3.8) is 0 Å². The molecule has 0 aromatic carbocycles. The van der Waals surface area contributed by atoms with Crippen LogP contribution in [0, 0.1) is 5.82 Å². The predicted molar refractivity (Wildman–Crippen MR) is 60.9 cm³/mol. The monoisotopic (exact) mass is 240 g/mol. The molecule has 5 heteroatoms. The Morgan fingerprint density at radius 3 is 2.82 bits per heavy atom. The molecular weight excluding hydrogens is 223 g/mol. The van der Waals surface area contributed by atoms with Gasteiger partial charge >= 0.3 is 0 Å². The first kappa shape index (κ1) is 12.4. The summed E-state index contributed by atoms with van der Waals surface area (Å²) in [5, 5.41) is 12.8. The highest BCUT2D eigenvalue weighted by Crippen LogP contribution is 2.20. The minimum absolute atomic E-state index is 0.0686. The summed E-state index contributed by atoms with van der Waals surface area (Å²) in [5.74, 6) is -0.339. The molecule has 0 bridgehead atoms. The van der Waals surface area contributed by atoms with E-state index in [4.69, 9.17) is 4.74 Å². The molecule has 2 rings (SSSR count). The van der Waals surface area contributed by atoms with Gasteiger partial charge in [0.1, 0.15) is 5.82 Å². The van der Waals surface area contributed by atoms with Crippen molar-refractivity contribution in [1.82, 2.24) is 10.3 Å². The molecule has 2 N–H and O–H groups in total. The van der Waals surface area contributed by atoms with Gasteiger partial charge in [0.15, 0.2) is 0 Å². The second-order valence-electron chi connectivity index (χ2n) is 4.42. The number of nitrogens with one attached hydrogen (secondary N) is 1. The van der Waals surface area contributed by atoms with Crippen LogP contribution in [0.15, 0.2) is 18.5 Å². The topological polar surface area (TPSA) is 54.4 Å². The molecule has 2 heterocycles. The van der Waals surface area contributed by atoms with Crippen LogP contribution in [-0.2, 0) is 11.3 Å². The molecule has 0 aliphatic carbocycles. The quantitative estimate of drug-likeness (QED) is 0.819. The Labute approximate surface area is 99.8 Å². The van der Waals surface area contributed by atoms with Gasteiger partial charge in [-0.2, -0.15) is 0 Å². The van der Waals surface area contributed by atoms with Gasteiger partial charge < -0.3 is 15.2 Å². The maximum Gasteiger partial charge on any atom is 0.141 e. The third-order valence-corrected chi connectivity index (χ3v) is 3.18. The van der Waals surface area contributed by atoms with Crippen molar-refractivity contribution in [3.05, 3.63) is 29.8 Å². The summed E-state index contributed by atoms with van der Waals surface area (Å²) in [6.07, 6.45) is 4.35. The van der Waals surface area contributed by atoms with Crippen LogP contribution in [0.1, 0.15) is 18.4 Å². The van der Waals surface area contributed by atoms with E-state index >= 15 is 0 Å². The summed E-state index contributed by atoms with van der Waals surface area (Å²) in [5.41, 5.74) is 0.481. The van der Waals surface area contributed by atoms with Crippen molar-refractivity contribution in [2.75, 3.05) is 19.8 Å². The van der Waals surface area contributed by atoms with E-state index in [1.165, 1.54) is 12.3 Å². The average molecular weight is 240 g/mol. The molecule has 0 amide bonds. The second kappa shape index (κ2) is 5.53. The highest BCUT2D eigenvalue weighted by atomic mass is 19.1. The fraction of sp³-hybridized carbons (Fsp3) is 0.583. The lowest BCUT2D eigenvalue weighted by molar-refractivity contribution is 0.0111. The van der Waals surface area contributed by atoms with Crippen LogP contribution in [0.5, 0.6) is 0 Å². The lowest BCUT2D eigenvalue weighted by Gasteiger charge is -2.36. The second-order valence-corrected chi connectivity index (χ2v) is 4.42. The Balaban J connectivity index is 1.95. The fourth-order valence-electron chi connectivity index (χ4n) is 2.00. The third-order valence-electron chi connectivity index (χ3n) is 3.18. The minimum Gasteiger partial charge on any atom is -0.394 e. The van der Waals surface area contributed by atoms with Gasteiger partial charge in [-0.3, -0.25) is 4.98 Å². The molecule has 0 unspecified atom stereocenters. The zero-order chi connectivity index (χ0) is 12.1. The normalized spacial score (nSPS) is 19.2. The van der Waals surface area contributed by atoms with E-state index in [2.05, 4.69) is 10.3 Å².